The molecule has 0 saturated heterocycles. The Balaban J connectivity index is 1.81. The van der Waals surface area contributed by atoms with Crippen molar-refractivity contribution >= 4 is 34.4 Å². The highest BCUT2D eigenvalue weighted by Gasteiger charge is 2.11. The fourth-order valence-electron chi connectivity index (χ4n) is 2.37. The summed E-state index contributed by atoms with van der Waals surface area (Å²) in [5, 5.41) is 6.10. The zero-order chi connectivity index (χ0) is 17.8. The predicted molar refractivity (Wildman–Crippen MR) is 97.7 cm³/mol. The molecule has 0 unspecified atom stereocenters. The summed E-state index contributed by atoms with van der Waals surface area (Å²) < 4.78 is 0. The maximum Gasteiger partial charge on any atom is 0.274 e. The molecular formula is C18H17N5O2. The molecule has 0 atom stereocenters. The standard InChI is InChI=1S/C18H17N5O2/c1-20-18(19)23-17(25)15-10-12-9-13(7-8-14(12)22-15)21-16(24)11-5-3-2-4-6-11/h2-10,22H,1H3,(H,21,24)(H3,19,20,23,25). The second kappa shape index (κ2) is 6.88. The van der Waals surface area contributed by atoms with E-state index in [0.717, 1.165) is 10.9 Å². The van der Waals surface area contributed by atoms with E-state index in [-0.39, 0.29) is 17.8 Å². The number of H-pyrrole nitrogens is 1. The molecule has 5 N–H and O–H groups in total. The minimum Gasteiger partial charge on any atom is -0.370 e. The number of nitrogens with two attached hydrogens (primary N) is 1. The molecular weight excluding hydrogens is 318 g/mol. The summed E-state index contributed by atoms with van der Waals surface area (Å²) in [5.41, 5.74) is 7.84. The number of nitrogens with zero attached hydrogens (tertiary/aromatic N) is 1. The number of rotatable bonds is 3. The molecule has 0 radical (unpaired) electrons. The summed E-state index contributed by atoms with van der Waals surface area (Å²) in [5.74, 6) is -0.533. The first-order valence-corrected chi connectivity index (χ1v) is 7.59. The third-order valence-electron chi connectivity index (χ3n) is 3.64. The van der Waals surface area contributed by atoms with Gasteiger partial charge in [-0.3, -0.25) is 19.9 Å². The Labute approximate surface area is 143 Å². The molecule has 2 amide bonds. The molecule has 25 heavy (non-hydrogen) atoms. The number of aliphatic imine (C=N–C) groups is 1. The summed E-state index contributed by atoms with van der Waals surface area (Å²) in [6.45, 7) is 0. The quantitative estimate of drug-likeness (QED) is 0.434. The number of carbonyl (C=O) groups excluding carboxylic acids is 2. The van der Waals surface area contributed by atoms with Gasteiger partial charge in [0.25, 0.3) is 11.8 Å². The summed E-state index contributed by atoms with van der Waals surface area (Å²) in [4.78, 5) is 31.0. The summed E-state index contributed by atoms with van der Waals surface area (Å²) in [6, 6.07) is 16.0. The minimum absolute atomic E-state index is 0.0412. The number of benzene rings is 2. The first kappa shape index (κ1) is 16.3. The number of anilines is 1. The molecule has 7 heteroatoms. The first-order chi connectivity index (χ1) is 12.1. The van der Waals surface area contributed by atoms with E-state index in [4.69, 9.17) is 5.73 Å². The fraction of sp³-hybridized carbons (Fsp3) is 0.0556. The predicted octanol–water partition coefficient (Wildman–Crippen LogP) is 2.09. The van der Waals surface area contributed by atoms with Crippen LogP contribution < -0.4 is 16.4 Å². The van der Waals surface area contributed by atoms with Crippen molar-refractivity contribution in [3.63, 3.8) is 0 Å². The van der Waals surface area contributed by atoms with Crippen molar-refractivity contribution in [3.8, 4) is 0 Å². The van der Waals surface area contributed by atoms with Crippen molar-refractivity contribution < 1.29 is 9.59 Å². The number of carbonyl (C=O) groups is 2. The van der Waals surface area contributed by atoms with Crippen LogP contribution in [0.3, 0.4) is 0 Å². The highest BCUT2D eigenvalue weighted by molar-refractivity contribution is 6.08. The number of nitrogens with one attached hydrogen (secondary N) is 3. The van der Waals surface area contributed by atoms with Gasteiger partial charge in [0, 0.05) is 29.2 Å². The molecule has 0 spiro atoms. The van der Waals surface area contributed by atoms with Crippen molar-refractivity contribution in [2.75, 3.05) is 12.4 Å². The maximum absolute atomic E-state index is 12.2. The van der Waals surface area contributed by atoms with Gasteiger partial charge < -0.3 is 16.0 Å². The Hall–Kier alpha value is -3.61. The van der Waals surface area contributed by atoms with Crippen molar-refractivity contribution in [3.05, 3.63) is 65.9 Å². The lowest BCUT2D eigenvalue weighted by Crippen LogP contribution is -2.36. The normalized spacial score (nSPS) is 11.3. The van der Waals surface area contributed by atoms with E-state index in [1.807, 2.05) is 6.07 Å². The fourth-order valence-corrected chi connectivity index (χ4v) is 2.37. The van der Waals surface area contributed by atoms with Crippen molar-refractivity contribution in [2.24, 2.45) is 10.7 Å². The summed E-state index contributed by atoms with van der Waals surface area (Å²) in [7, 11) is 1.49. The van der Waals surface area contributed by atoms with E-state index < -0.39 is 0 Å². The molecule has 0 aliphatic rings. The lowest BCUT2D eigenvalue weighted by atomic mass is 10.2. The highest BCUT2D eigenvalue weighted by Crippen LogP contribution is 2.20. The van der Waals surface area contributed by atoms with E-state index in [1.165, 1.54) is 7.05 Å². The van der Waals surface area contributed by atoms with Crippen LogP contribution in [0.25, 0.3) is 10.9 Å². The van der Waals surface area contributed by atoms with Crippen LogP contribution in [0, 0.1) is 0 Å². The average molecular weight is 335 g/mol. The van der Waals surface area contributed by atoms with E-state index in [1.54, 1.807) is 48.5 Å². The smallest absolute Gasteiger partial charge is 0.274 e. The average Bonchev–Trinajstić information content (AvgIpc) is 3.05. The van der Waals surface area contributed by atoms with Crippen LogP contribution in [0.2, 0.25) is 0 Å². The van der Waals surface area contributed by atoms with Crippen LogP contribution in [0.4, 0.5) is 5.69 Å². The second-order valence-corrected chi connectivity index (χ2v) is 5.37. The molecule has 126 valence electrons. The lowest BCUT2D eigenvalue weighted by Gasteiger charge is -2.05. The largest absolute Gasteiger partial charge is 0.370 e. The maximum atomic E-state index is 12.2. The molecule has 0 fully saturated rings. The van der Waals surface area contributed by atoms with Gasteiger partial charge in [0.1, 0.15) is 5.69 Å². The summed E-state index contributed by atoms with van der Waals surface area (Å²) >= 11 is 0. The molecule has 3 rings (SSSR count). The molecule has 0 saturated carbocycles. The molecule has 7 nitrogen and oxygen atoms in total. The number of aromatic nitrogens is 1. The molecule has 3 aromatic rings. The Bertz CT molecular complexity index is 960. The van der Waals surface area contributed by atoms with Gasteiger partial charge in [0.05, 0.1) is 0 Å². The SMILES string of the molecule is CN=C(N)NC(=O)c1cc2cc(NC(=O)c3ccccc3)ccc2[nH]1. The van der Waals surface area contributed by atoms with Gasteiger partial charge in [0.2, 0.25) is 0 Å². The topological polar surface area (TPSA) is 112 Å². The van der Waals surface area contributed by atoms with Crippen molar-refractivity contribution in [2.45, 2.75) is 0 Å². The monoisotopic (exact) mass is 335 g/mol. The second-order valence-electron chi connectivity index (χ2n) is 5.37. The zero-order valence-corrected chi connectivity index (χ0v) is 13.5. The number of hydrogen-bond acceptors (Lipinski definition) is 3. The number of fused-ring (bicyclic) bond motifs is 1. The van der Waals surface area contributed by atoms with Crippen LogP contribution in [0.15, 0.2) is 59.6 Å². The molecule has 0 aliphatic carbocycles. The van der Waals surface area contributed by atoms with Crippen molar-refractivity contribution in [1.29, 1.82) is 0 Å². The molecule has 0 aliphatic heterocycles. The van der Waals surface area contributed by atoms with Crippen molar-refractivity contribution in [1.82, 2.24) is 10.3 Å². The van der Waals surface area contributed by atoms with Gasteiger partial charge in [-0.1, -0.05) is 18.2 Å². The number of aromatic amines is 1. The van der Waals surface area contributed by atoms with Gasteiger partial charge in [-0.2, -0.15) is 0 Å². The zero-order valence-electron chi connectivity index (χ0n) is 13.5. The van der Waals surface area contributed by atoms with Crippen LogP contribution in [0.5, 0.6) is 0 Å². The highest BCUT2D eigenvalue weighted by atomic mass is 16.2. The Morgan fingerprint density at radius 2 is 1.80 bits per heavy atom. The van der Waals surface area contributed by atoms with Crippen LogP contribution >= 0.6 is 0 Å². The number of hydrogen-bond donors (Lipinski definition) is 4. The lowest BCUT2D eigenvalue weighted by molar-refractivity contribution is 0.0971. The minimum atomic E-state index is -0.380. The van der Waals surface area contributed by atoms with Crippen LogP contribution in [-0.4, -0.2) is 29.8 Å². The van der Waals surface area contributed by atoms with E-state index in [2.05, 4.69) is 20.6 Å². The Morgan fingerprint density at radius 3 is 2.52 bits per heavy atom. The van der Waals surface area contributed by atoms with Gasteiger partial charge in [-0.25, -0.2) is 0 Å². The molecule has 1 heterocycles. The van der Waals surface area contributed by atoms with Gasteiger partial charge >= 0.3 is 0 Å². The molecule has 1 aromatic heterocycles. The third kappa shape index (κ3) is 3.66. The number of amides is 2. The van der Waals surface area contributed by atoms with Gasteiger partial charge in [-0.15, -0.1) is 0 Å². The van der Waals surface area contributed by atoms with E-state index >= 15 is 0 Å². The Kier molecular flexibility index (Phi) is 4.47. The van der Waals surface area contributed by atoms with Crippen LogP contribution in [-0.2, 0) is 0 Å². The van der Waals surface area contributed by atoms with E-state index in [0.29, 0.717) is 16.9 Å². The Morgan fingerprint density at radius 1 is 1.04 bits per heavy atom. The van der Waals surface area contributed by atoms with E-state index in [9.17, 15) is 9.59 Å². The summed E-state index contributed by atoms with van der Waals surface area (Å²) in [6.07, 6.45) is 0. The molecule has 2 aromatic carbocycles. The third-order valence-corrected chi connectivity index (χ3v) is 3.64. The number of guanidine groups is 1. The van der Waals surface area contributed by atoms with Crippen LogP contribution in [0.1, 0.15) is 20.8 Å². The van der Waals surface area contributed by atoms with Gasteiger partial charge in [0.15, 0.2) is 5.96 Å². The first-order valence-electron chi connectivity index (χ1n) is 7.59. The molecule has 0 bridgehead atoms. The van der Waals surface area contributed by atoms with Gasteiger partial charge in [-0.05, 0) is 36.4 Å².